The SMILES string of the molecule is COC(=O)c1cc2c(cc1C)SCC(C)S2(=O)=O. The molecule has 0 amide bonds. The number of hydrogen-bond acceptors (Lipinski definition) is 5. The lowest BCUT2D eigenvalue weighted by Crippen LogP contribution is -2.25. The van der Waals surface area contributed by atoms with Crippen LogP contribution in [-0.2, 0) is 14.6 Å². The van der Waals surface area contributed by atoms with E-state index in [4.69, 9.17) is 0 Å². The fraction of sp³-hybridized carbons (Fsp3) is 0.417. The number of rotatable bonds is 1. The van der Waals surface area contributed by atoms with Gasteiger partial charge in [-0.2, -0.15) is 0 Å². The predicted octanol–water partition coefficient (Wildman–Crippen LogP) is 2.05. The molecule has 18 heavy (non-hydrogen) atoms. The summed E-state index contributed by atoms with van der Waals surface area (Å²) in [5.74, 6) is 0.0422. The summed E-state index contributed by atoms with van der Waals surface area (Å²) in [6.45, 7) is 3.46. The smallest absolute Gasteiger partial charge is 0.338 e. The molecule has 0 bridgehead atoms. The van der Waals surface area contributed by atoms with Gasteiger partial charge in [-0.05, 0) is 31.5 Å². The Morgan fingerprint density at radius 2 is 2.11 bits per heavy atom. The van der Waals surface area contributed by atoms with E-state index in [1.54, 1.807) is 19.9 Å². The van der Waals surface area contributed by atoms with Crippen molar-refractivity contribution in [2.75, 3.05) is 12.9 Å². The first-order chi connectivity index (χ1) is 8.37. The Balaban J connectivity index is 2.67. The minimum absolute atomic E-state index is 0.247. The summed E-state index contributed by atoms with van der Waals surface area (Å²) in [6.07, 6.45) is 0. The van der Waals surface area contributed by atoms with Crippen LogP contribution in [-0.4, -0.2) is 32.5 Å². The summed E-state index contributed by atoms with van der Waals surface area (Å²) in [7, 11) is -2.05. The van der Waals surface area contributed by atoms with Crippen LogP contribution in [0.15, 0.2) is 21.9 Å². The maximum atomic E-state index is 12.2. The van der Waals surface area contributed by atoms with Crippen LogP contribution in [0.5, 0.6) is 0 Å². The molecule has 0 fully saturated rings. The Morgan fingerprint density at radius 3 is 2.72 bits per heavy atom. The number of benzene rings is 1. The van der Waals surface area contributed by atoms with Crippen LogP contribution in [0.25, 0.3) is 0 Å². The summed E-state index contributed by atoms with van der Waals surface area (Å²) in [5, 5.41) is -0.428. The number of sulfone groups is 1. The highest BCUT2D eigenvalue weighted by molar-refractivity contribution is 8.03. The van der Waals surface area contributed by atoms with E-state index in [9.17, 15) is 13.2 Å². The topological polar surface area (TPSA) is 60.4 Å². The van der Waals surface area contributed by atoms with Crippen LogP contribution in [0.4, 0.5) is 0 Å². The monoisotopic (exact) mass is 286 g/mol. The molecule has 1 atom stereocenters. The van der Waals surface area contributed by atoms with Gasteiger partial charge >= 0.3 is 5.97 Å². The highest BCUT2D eigenvalue weighted by Gasteiger charge is 2.32. The highest BCUT2D eigenvalue weighted by atomic mass is 32.2. The normalized spacial score (nSPS) is 21.2. The van der Waals surface area contributed by atoms with Crippen molar-refractivity contribution in [2.45, 2.75) is 28.9 Å². The molecule has 1 aromatic rings. The second kappa shape index (κ2) is 4.59. The van der Waals surface area contributed by atoms with Crippen LogP contribution in [0.1, 0.15) is 22.8 Å². The third-order valence-corrected chi connectivity index (χ3v) is 6.84. The lowest BCUT2D eigenvalue weighted by atomic mass is 10.1. The van der Waals surface area contributed by atoms with Gasteiger partial charge in [0.2, 0.25) is 0 Å². The largest absolute Gasteiger partial charge is 0.465 e. The molecule has 4 nitrogen and oxygen atoms in total. The van der Waals surface area contributed by atoms with E-state index in [1.807, 2.05) is 0 Å². The number of carbonyl (C=O) groups is 1. The van der Waals surface area contributed by atoms with Crippen molar-refractivity contribution in [3.63, 3.8) is 0 Å². The standard InChI is InChI=1S/C12H14O4S2/c1-7-4-10-11(5-9(7)12(13)16-3)18(14,15)8(2)6-17-10/h4-5,8H,6H2,1-3H3. The molecule has 0 N–H and O–H groups in total. The zero-order valence-corrected chi connectivity index (χ0v) is 12.0. The van der Waals surface area contributed by atoms with E-state index in [0.29, 0.717) is 11.3 Å². The van der Waals surface area contributed by atoms with Crippen LogP contribution in [0.2, 0.25) is 0 Å². The Hall–Kier alpha value is -1.01. The van der Waals surface area contributed by atoms with Gasteiger partial charge in [0.05, 0.1) is 22.8 Å². The Labute approximate surface area is 111 Å². The zero-order valence-electron chi connectivity index (χ0n) is 10.4. The molecule has 6 heteroatoms. The van der Waals surface area contributed by atoms with Crippen LogP contribution in [0, 0.1) is 6.92 Å². The van der Waals surface area contributed by atoms with Gasteiger partial charge in [0.15, 0.2) is 9.84 Å². The second-order valence-electron chi connectivity index (χ2n) is 4.27. The fourth-order valence-corrected chi connectivity index (χ4v) is 5.22. The first-order valence-corrected chi connectivity index (χ1v) is 8.00. The lowest BCUT2D eigenvalue weighted by molar-refractivity contribution is 0.0599. The molecule has 0 saturated carbocycles. The average molecular weight is 286 g/mol. The van der Waals surface area contributed by atoms with E-state index >= 15 is 0 Å². The molecular formula is C12H14O4S2. The summed E-state index contributed by atoms with van der Waals surface area (Å²) >= 11 is 1.51. The predicted molar refractivity (Wildman–Crippen MR) is 69.9 cm³/mol. The molecule has 1 aliphatic rings. The third-order valence-electron chi connectivity index (χ3n) is 3.01. The van der Waals surface area contributed by atoms with Gasteiger partial charge < -0.3 is 4.74 Å². The summed E-state index contributed by atoms with van der Waals surface area (Å²) in [6, 6.07) is 3.18. The van der Waals surface area contributed by atoms with Gasteiger partial charge in [0.1, 0.15) is 0 Å². The Kier molecular flexibility index (Phi) is 3.42. The Morgan fingerprint density at radius 1 is 1.44 bits per heavy atom. The molecule has 98 valence electrons. The number of thioether (sulfide) groups is 1. The number of fused-ring (bicyclic) bond motifs is 1. The lowest BCUT2D eigenvalue weighted by Gasteiger charge is -2.22. The van der Waals surface area contributed by atoms with Crippen molar-refractivity contribution in [3.8, 4) is 0 Å². The molecular weight excluding hydrogens is 272 g/mol. The first-order valence-electron chi connectivity index (χ1n) is 5.47. The number of ether oxygens (including phenoxy) is 1. The van der Waals surface area contributed by atoms with Crippen molar-refractivity contribution >= 4 is 27.6 Å². The third kappa shape index (κ3) is 2.03. The molecule has 1 heterocycles. The van der Waals surface area contributed by atoms with Crippen LogP contribution in [0.3, 0.4) is 0 Å². The molecule has 2 rings (SSSR count). The van der Waals surface area contributed by atoms with Crippen molar-refractivity contribution in [2.24, 2.45) is 0 Å². The maximum Gasteiger partial charge on any atom is 0.338 e. The van der Waals surface area contributed by atoms with Gasteiger partial charge in [0.25, 0.3) is 0 Å². The van der Waals surface area contributed by atoms with E-state index in [-0.39, 0.29) is 4.90 Å². The molecule has 0 radical (unpaired) electrons. The van der Waals surface area contributed by atoms with Gasteiger partial charge in [0, 0.05) is 10.6 Å². The molecule has 0 aliphatic carbocycles. The van der Waals surface area contributed by atoms with E-state index in [1.165, 1.54) is 24.9 Å². The summed E-state index contributed by atoms with van der Waals surface area (Å²) in [4.78, 5) is 12.6. The molecule has 0 aromatic heterocycles. The minimum Gasteiger partial charge on any atom is -0.465 e. The van der Waals surface area contributed by atoms with E-state index < -0.39 is 21.1 Å². The van der Waals surface area contributed by atoms with Crippen molar-refractivity contribution in [3.05, 3.63) is 23.3 Å². The number of esters is 1. The van der Waals surface area contributed by atoms with Gasteiger partial charge in [-0.15, -0.1) is 11.8 Å². The van der Waals surface area contributed by atoms with Gasteiger partial charge in [-0.1, -0.05) is 0 Å². The second-order valence-corrected chi connectivity index (χ2v) is 7.67. The summed E-state index contributed by atoms with van der Waals surface area (Å²) in [5.41, 5.74) is 1.05. The fourth-order valence-electron chi connectivity index (χ4n) is 1.84. The van der Waals surface area contributed by atoms with Crippen molar-refractivity contribution in [1.82, 2.24) is 0 Å². The maximum absolute atomic E-state index is 12.2. The van der Waals surface area contributed by atoms with Gasteiger partial charge in [-0.3, -0.25) is 0 Å². The number of aryl methyl sites for hydroxylation is 1. The zero-order chi connectivity index (χ0) is 13.5. The molecule has 1 aromatic carbocycles. The molecule has 1 aliphatic heterocycles. The van der Waals surface area contributed by atoms with Crippen LogP contribution >= 0.6 is 11.8 Å². The van der Waals surface area contributed by atoms with Crippen molar-refractivity contribution in [1.29, 1.82) is 0 Å². The Bertz CT molecular complexity index is 605. The van der Waals surface area contributed by atoms with Gasteiger partial charge in [-0.25, -0.2) is 13.2 Å². The first kappa shape index (κ1) is 13.4. The number of carbonyl (C=O) groups excluding carboxylic acids is 1. The number of methoxy groups -OCH3 is 1. The molecule has 0 saturated heterocycles. The van der Waals surface area contributed by atoms with Crippen molar-refractivity contribution < 1.29 is 17.9 Å². The minimum atomic E-state index is -3.33. The van der Waals surface area contributed by atoms with Crippen LogP contribution < -0.4 is 0 Å². The highest BCUT2D eigenvalue weighted by Crippen LogP contribution is 2.37. The quantitative estimate of drug-likeness (QED) is 0.739. The summed E-state index contributed by atoms with van der Waals surface area (Å²) < 4.78 is 29.1. The van der Waals surface area contributed by atoms with E-state index in [0.717, 1.165) is 10.5 Å². The molecule has 1 unspecified atom stereocenters. The number of hydrogen-bond donors (Lipinski definition) is 0. The van der Waals surface area contributed by atoms with E-state index in [2.05, 4.69) is 4.74 Å². The average Bonchev–Trinajstić information content (AvgIpc) is 2.33. The molecule has 0 spiro atoms.